The van der Waals surface area contributed by atoms with E-state index in [0.29, 0.717) is 27.7 Å². The first-order valence-electron chi connectivity index (χ1n) is 5.74. The molecule has 0 aliphatic carbocycles. The molecular weight excluding hydrogens is 262 g/mol. The van der Waals surface area contributed by atoms with Crippen LogP contribution in [0, 0.1) is 0 Å². The fourth-order valence-electron chi connectivity index (χ4n) is 2.01. The molecule has 0 N–H and O–H groups in total. The highest BCUT2D eigenvalue weighted by Gasteiger charge is 2.13. The zero-order valence-corrected chi connectivity index (χ0v) is 10.9. The van der Waals surface area contributed by atoms with Crippen molar-refractivity contribution in [1.82, 2.24) is 14.5 Å². The van der Waals surface area contributed by atoms with Crippen LogP contribution < -0.4 is 0 Å². The van der Waals surface area contributed by atoms with Gasteiger partial charge >= 0.3 is 0 Å². The molecule has 3 aromatic rings. The van der Waals surface area contributed by atoms with Crippen molar-refractivity contribution in [3.8, 4) is 11.4 Å². The van der Waals surface area contributed by atoms with Gasteiger partial charge in [0.1, 0.15) is 10.8 Å². The van der Waals surface area contributed by atoms with Gasteiger partial charge in [0.25, 0.3) is 0 Å². The smallest absolute Gasteiger partial charge is 0.166 e. The number of aldehydes is 1. The van der Waals surface area contributed by atoms with Gasteiger partial charge in [0.2, 0.25) is 0 Å². The monoisotopic (exact) mass is 271 g/mol. The lowest BCUT2D eigenvalue weighted by Crippen LogP contribution is -1.97. The molecular formula is C14H10ClN3O. The lowest BCUT2D eigenvalue weighted by molar-refractivity contribution is 0.111. The Labute approximate surface area is 114 Å². The third-order valence-corrected chi connectivity index (χ3v) is 3.32. The number of rotatable bonds is 2. The number of hydrogen-bond acceptors (Lipinski definition) is 3. The number of fused-ring (bicyclic) bond motifs is 1. The molecule has 4 nitrogen and oxygen atoms in total. The fraction of sp³-hybridized carbons (Fsp3) is 0.0714. The zero-order chi connectivity index (χ0) is 13.4. The Hall–Kier alpha value is -2.20. The van der Waals surface area contributed by atoms with E-state index >= 15 is 0 Å². The van der Waals surface area contributed by atoms with Crippen molar-refractivity contribution in [2.24, 2.45) is 7.05 Å². The summed E-state index contributed by atoms with van der Waals surface area (Å²) in [5, 5.41) is 1.04. The molecule has 94 valence electrons. The largest absolute Gasteiger partial charge is 0.326 e. The quantitative estimate of drug-likeness (QED) is 0.531. The molecule has 0 fully saturated rings. The van der Waals surface area contributed by atoms with Crippen molar-refractivity contribution in [1.29, 1.82) is 0 Å². The van der Waals surface area contributed by atoms with E-state index in [0.717, 1.165) is 11.8 Å². The standard InChI is InChI=1S/C14H10ClN3O/c1-18-10(8-19)7-11-12(15)16-13(17-14(11)18)9-5-3-2-4-6-9/h2-8H,1H3. The molecule has 0 saturated heterocycles. The highest BCUT2D eigenvalue weighted by Crippen LogP contribution is 2.26. The third-order valence-electron chi connectivity index (χ3n) is 3.03. The van der Waals surface area contributed by atoms with Crippen LogP contribution in [0.3, 0.4) is 0 Å². The number of aryl methyl sites for hydroxylation is 1. The van der Waals surface area contributed by atoms with Gasteiger partial charge in [-0.25, -0.2) is 9.97 Å². The van der Waals surface area contributed by atoms with Crippen LogP contribution in [0.15, 0.2) is 36.4 Å². The predicted molar refractivity (Wildman–Crippen MR) is 74.3 cm³/mol. The number of benzene rings is 1. The van der Waals surface area contributed by atoms with Crippen molar-refractivity contribution in [2.45, 2.75) is 0 Å². The van der Waals surface area contributed by atoms with Crippen molar-refractivity contribution in [3.63, 3.8) is 0 Å². The van der Waals surface area contributed by atoms with E-state index in [2.05, 4.69) is 9.97 Å². The van der Waals surface area contributed by atoms with E-state index in [-0.39, 0.29) is 0 Å². The first-order valence-corrected chi connectivity index (χ1v) is 6.12. The van der Waals surface area contributed by atoms with Gasteiger partial charge in [0, 0.05) is 12.6 Å². The maximum absolute atomic E-state index is 11.0. The van der Waals surface area contributed by atoms with E-state index < -0.39 is 0 Å². The Morgan fingerprint density at radius 1 is 1.21 bits per heavy atom. The van der Waals surface area contributed by atoms with E-state index in [4.69, 9.17) is 11.6 Å². The number of halogens is 1. The maximum atomic E-state index is 11.0. The Balaban J connectivity index is 2.30. The van der Waals surface area contributed by atoms with Gasteiger partial charge in [-0.2, -0.15) is 0 Å². The summed E-state index contributed by atoms with van der Waals surface area (Å²) in [5.74, 6) is 0.553. The van der Waals surface area contributed by atoms with Crippen LogP contribution >= 0.6 is 11.6 Å². The summed E-state index contributed by atoms with van der Waals surface area (Å²) in [6.07, 6.45) is 0.778. The molecule has 0 radical (unpaired) electrons. The number of aromatic nitrogens is 3. The summed E-state index contributed by atoms with van der Waals surface area (Å²) in [6, 6.07) is 11.3. The first-order chi connectivity index (χ1) is 9.20. The SMILES string of the molecule is Cn1c(C=O)cc2c(Cl)nc(-c3ccccc3)nc21. The van der Waals surface area contributed by atoms with Crippen molar-refractivity contribution >= 4 is 28.9 Å². The molecule has 0 atom stereocenters. The second-order valence-corrected chi connectivity index (χ2v) is 4.55. The molecule has 0 saturated carbocycles. The van der Waals surface area contributed by atoms with E-state index in [1.807, 2.05) is 30.3 Å². The van der Waals surface area contributed by atoms with Crippen LogP contribution in [0.25, 0.3) is 22.4 Å². The lowest BCUT2D eigenvalue weighted by Gasteiger charge is -2.03. The Bertz CT molecular complexity index is 765. The number of hydrogen-bond donors (Lipinski definition) is 0. The molecule has 3 rings (SSSR count). The molecule has 0 spiro atoms. The summed E-state index contributed by atoms with van der Waals surface area (Å²) < 4.78 is 1.71. The Morgan fingerprint density at radius 3 is 2.63 bits per heavy atom. The maximum Gasteiger partial charge on any atom is 0.166 e. The van der Waals surface area contributed by atoms with Gasteiger partial charge in [0.15, 0.2) is 12.1 Å². The minimum atomic E-state index is 0.354. The second kappa shape index (κ2) is 4.48. The van der Waals surface area contributed by atoms with E-state index in [1.165, 1.54) is 0 Å². The average molecular weight is 272 g/mol. The van der Waals surface area contributed by atoms with Crippen LogP contribution in [0.1, 0.15) is 10.5 Å². The van der Waals surface area contributed by atoms with Crippen LogP contribution in [0.4, 0.5) is 0 Å². The highest BCUT2D eigenvalue weighted by atomic mass is 35.5. The molecule has 0 aliphatic heterocycles. The Kier molecular flexibility index (Phi) is 2.80. The topological polar surface area (TPSA) is 47.8 Å². The summed E-state index contributed by atoms with van der Waals surface area (Å²) in [5.41, 5.74) is 2.07. The third kappa shape index (κ3) is 1.90. The zero-order valence-electron chi connectivity index (χ0n) is 10.2. The number of carbonyl (C=O) groups excluding carboxylic acids is 1. The van der Waals surface area contributed by atoms with Crippen molar-refractivity contribution < 1.29 is 4.79 Å². The molecule has 19 heavy (non-hydrogen) atoms. The highest BCUT2D eigenvalue weighted by molar-refractivity contribution is 6.34. The van der Waals surface area contributed by atoms with Crippen LogP contribution in [0.5, 0.6) is 0 Å². The predicted octanol–water partition coefficient (Wildman–Crippen LogP) is 3.10. The van der Waals surface area contributed by atoms with E-state index in [1.54, 1.807) is 17.7 Å². The summed E-state index contributed by atoms with van der Waals surface area (Å²) >= 11 is 6.17. The van der Waals surface area contributed by atoms with Gasteiger partial charge in [-0.15, -0.1) is 0 Å². The minimum absolute atomic E-state index is 0.354. The normalized spacial score (nSPS) is 10.8. The molecule has 0 amide bonds. The first kappa shape index (κ1) is 11.9. The van der Waals surface area contributed by atoms with Gasteiger partial charge in [0.05, 0.1) is 11.1 Å². The number of carbonyl (C=O) groups is 1. The van der Waals surface area contributed by atoms with Gasteiger partial charge in [-0.1, -0.05) is 41.9 Å². The number of nitrogens with zero attached hydrogens (tertiary/aromatic N) is 3. The van der Waals surface area contributed by atoms with Gasteiger partial charge in [-0.3, -0.25) is 4.79 Å². The van der Waals surface area contributed by atoms with Crippen LogP contribution in [-0.2, 0) is 7.05 Å². The van der Waals surface area contributed by atoms with Gasteiger partial charge in [-0.05, 0) is 6.07 Å². The summed E-state index contributed by atoms with van der Waals surface area (Å²) in [4.78, 5) is 19.7. The van der Waals surface area contributed by atoms with Crippen LogP contribution in [-0.4, -0.2) is 20.8 Å². The molecule has 0 unspecified atom stereocenters. The van der Waals surface area contributed by atoms with E-state index in [9.17, 15) is 4.79 Å². The molecule has 2 heterocycles. The Morgan fingerprint density at radius 2 is 1.95 bits per heavy atom. The van der Waals surface area contributed by atoms with Gasteiger partial charge < -0.3 is 4.57 Å². The second-order valence-electron chi connectivity index (χ2n) is 4.19. The molecule has 0 aliphatic rings. The van der Waals surface area contributed by atoms with Crippen molar-refractivity contribution in [3.05, 3.63) is 47.2 Å². The molecule has 5 heteroatoms. The summed E-state index contributed by atoms with van der Waals surface area (Å²) in [6.45, 7) is 0. The fourth-order valence-corrected chi connectivity index (χ4v) is 2.23. The molecule has 1 aromatic carbocycles. The summed E-state index contributed by atoms with van der Waals surface area (Å²) in [7, 11) is 1.78. The average Bonchev–Trinajstić information content (AvgIpc) is 2.77. The van der Waals surface area contributed by atoms with Crippen LogP contribution in [0.2, 0.25) is 5.15 Å². The minimum Gasteiger partial charge on any atom is -0.326 e. The van der Waals surface area contributed by atoms with Crippen molar-refractivity contribution in [2.75, 3.05) is 0 Å². The molecule has 2 aromatic heterocycles. The molecule has 0 bridgehead atoms. The lowest BCUT2D eigenvalue weighted by atomic mass is 10.2.